The van der Waals surface area contributed by atoms with Crippen LogP contribution in [-0.2, 0) is 14.4 Å². The maximum atomic E-state index is 10.2. The average molecular weight is 309 g/mol. The van der Waals surface area contributed by atoms with Crippen molar-refractivity contribution < 1.29 is 39.6 Å². The molecule has 0 rings (SSSR count). The maximum absolute atomic E-state index is 10.2. The number of nitrogens with one attached hydrogen (secondary N) is 1. The van der Waals surface area contributed by atoms with Crippen molar-refractivity contribution in [1.29, 1.82) is 0 Å². The third-order valence-corrected chi connectivity index (χ3v) is 1.96. The standard InChI is InChI=1S/C6H13N3O3.C4H6O5/c7-4(5(10)11)2-1-3-9-6(8)12;5-2(4(8)9)1-3(6)7/h4H,1-3,7H2,(H,10,11)(H3,8,9,12);2,5H,1H2,(H,6,7)(H,8,9). The van der Waals surface area contributed by atoms with Crippen LogP contribution in [0.1, 0.15) is 19.3 Å². The zero-order chi connectivity index (χ0) is 17.0. The average Bonchev–Trinajstić information content (AvgIpc) is 2.33. The molecule has 0 aromatic heterocycles. The van der Waals surface area contributed by atoms with Crippen LogP contribution < -0.4 is 16.8 Å². The zero-order valence-electron chi connectivity index (χ0n) is 11.1. The fraction of sp³-hybridized carbons (Fsp3) is 0.600. The van der Waals surface area contributed by atoms with E-state index >= 15 is 0 Å². The first-order valence-electron chi connectivity index (χ1n) is 5.72. The second kappa shape index (κ2) is 11.4. The van der Waals surface area contributed by atoms with Crippen LogP contribution in [0.2, 0.25) is 0 Å². The van der Waals surface area contributed by atoms with Gasteiger partial charge in [0.1, 0.15) is 6.04 Å². The summed E-state index contributed by atoms with van der Waals surface area (Å²) >= 11 is 0. The molecule has 11 heteroatoms. The van der Waals surface area contributed by atoms with Gasteiger partial charge < -0.3 is 37.2 Å². The van der Waals surface area contributed by atoms with Crippen LogP contribution in [0.5, 0.6) is 0 Å². The van der Waals surface area contributed by atoms with Crippen molar-refractivity contribution in [3.8, 4) is 0 Å². The highest BCUT2D eigenvalue weighted by atomic mass is 16.4. The summed E-state index contributed by atoms with van der Waals surface area (Å²) in [5.74, 6) is -3.88. The van der Waals surface area contributed by atoms with E-state index in [1.807, 2.05) is 0 Å². The summed E-state index contributed by atoms with van der Waals surface area (Å²) in [5, 5.41) is 34.8. The first-order chi connectivity index (χ1) is 9.57. The van der Waals surface area contributed by atoms with Gasteiger partial charge in [-0.1, -0.05) is 0 Å². The van der Waals surface area contributed by atoms with Gasteiger partial charge in [-0.3, -0.25) is 9.59 Å². The zero-order valence-corrected chi connectivity index (χ0v) is 11.1. The van der Waals surface area contributed by atoms with Gasteiger partial charge >= 0.3 is 23.9 Å². The van der Waals surface area contributed by atoms with E-state index in [4.69, 9.17) is 31.9 Å². The molecule has 2 atom stereocenters. The van der Waals surface area contributed by atoms with Gasteiger partial charge in [-0.25, -0.2) is 9.59 Å². The molecule has 0 aliphatic heterocycles. The second-order valence-electron chi connectivity index (χ2n) is 3.83. The molecule has 11 nitrogen and oxygen atoms in total. The molecule has 2 unspecified atom stereocenters. The summed E-state index contributed by atoms with van der Waals surface area (Å²) < 4.78 is 0. The minimum absolute atomic E-state index is 0.329. The number of nitrogens with two attached hydrogens (primary N) is 2. The van der Waals surface area contributed by atoms with Crippen LogP contribution in [0.4, 0.5) is 4.79 Å². The van der Waals surface area contributed by atoms with Gasteiger partial charge in [-0.15, -0.1) is 0 Å². The highest BCUT2D eigenvalue weighted by Crippen LogP contribution is 1.92. The number of primary amides is 1. The third-order valence-electron chi connectivity index (χ3n) is 1.96. The number of hydrogen-bond donors (Lipinski definition) is 7. The number of carboxylic acids is 3. The third kappa shape index (κ3) is 15.5. The van der Waals surface area contributed by atoms with E-state index in [1.165, 1.54) is 0 Å². The number of amides is 2. The van der Waals surface area contributed by atoms with Crippen LogP contribution in [0.15, 0.2) is 0 Å². The Morgan fingerprint density at radius 3 is 1.86 bits per heavy atom. The van der Waals surface area contributed by atoms with Gasteiger partial charge in [0.25, 0.3) is 0 Å². The molecule has 0 saturated carbocycles. The van der Waals surface area contributed by atoms with Crippen molar-refractivity contribution in [3.63, 3.8) is 0 Å². The van der Waals surface area contributed by atoms with Crippen molar-refractivity contribution >= 4 is 23.9 Å². The number of carboxylic acid groups (broad SMARTS) is 3. The van der Waals surface area contributed by atoms with E-state index in [1.54, 1.807) is 0 Å². The van der Waals surface area contributed by atoms with Crippen molar-refractivity contribution in [2.75, 3.05) is 6.54 Å². The quantitative estimate of drug-likeness (QED) is 0.241. The normalized spacial score (nSPS) is 12.3. The topological polar surface area (TPSA) is 213 Å². The fourth-order valence-electron chi connectivity index (χ4n) is 0.910. The van der Waals surface area contributed by atoms with Crippen molar-refractivity contribution in [3.05, 3.63) is 0 Å². The lowest BCUT2D eigenvalue weighted by Gasteiger charge is -2.05. The second-order valence-corrected chi connectivity index (χ2v) is 3.83. The molecule has 0 aliphatic carbocycles. The number of carbonyl (C=O) groups excluding carboxylic acids is 1. The summed E-state index contributed by atoms with van der Waals surface area (Å²) in [5.41, 5.74) is 9.96. The number of rotatable bonds is 8. The van der Waals surface area contributed by atoms with Crippen LogP contribution in [0.25, 0.3) is 0 Å². The Kier molecular flexibility index (Phi) is 11.4. The predicted molar refractivity (Wildman–Crippen MR) is 68.3 cm³/mol. The number of aliphatic hydroxyl groups is 1. The van der Waals surface area contributed by atoms with Crippen LogP contribution in [-0.4, -0.2) is 63.1 Å². The van der Waals surface area contributed by atoms with E-state index in [9.17, 15) is 19.2 Å². The summed E-state index contributed by atoms with van der Waals surface area (Å²) in [7, 11) is 0. The lowest BCUT2D eigenvalue weighted by Crippen LogP contribution is -2.33. The van der Waals surface area contributed by atoms with Crippen LogP contribution in [0.3, 0.4) is 0 Å². The van der Waals surface area contributed by atoms with Gasteiger partial charge in [-0.05, 0) is 12.8 Å². The molecule has 0 aromatic rings. The van der Waals surface area contributed by atoms with E-state index < -0.39 is 42.5 Å². The number of carbonyl (C=O) groups is 4. The highest BCUT2D eigenvalue weighted by Gasteiger charge is 2.16. The summed E-state index contributed by atoms with van der Waals surface area (Å²) in [6.07, 6.45) is -1.70. The highest BCUT2D eigenvalue weighted by molar-refractivity contribution is 5.79. The van der Waals surface area contributed by atoms with Gasteiger partial charge in [0, 0.05) is 6.54 Å². The molecule has 0 saturated heterocycles. The Morgan fingerprint density at radius 2 is 1.57 bits per heavy atom. The monoisotopic (exact) mass is 309 g/mol. The van der Waals surface area contributed by atoms with Crippen molar-refractivity contribution in [1.82, 2.24) is 5.32 Å². The lowest BCUT2D eigenvalue weighted by atomic mass is 10.2. The van der Waals surface area contributed by atoms with Crippen LogP contribution >= 0.6 is 0 Å². The molecule has 0 fully saturated rings. The minimum atomic E-state index is -1.79. The predicted octanol–water partition coefficient (Wildman–Crippen LogP) is -2.25. The van der Waals surface area contributed by atoms with Gasteiger partial charge in [0.15, 0.2) is 6.10 Å². The Hall–Kier alpha value is -2.40. The van der Waals surface area contributed by atoms with Crippen molar-refractivity contribution in [2.24, 2.45) is 11.5 Å². The molecule has 2 amide bonds. The number of hydrogen-bond acceptors (Lipinski definition) is 6. The SMILES string of the molecule is NC(=O)NCCCC(N)C(=O)O.O=C(O)CC(O)C(=O)O. The minimum Gasteiger partial charge on any atom is -0.481 e. The molecule has 0 aliphatic rings. The lowest BCUT2D eigenvalue weighted by molar-refractivity contribution is -0.152. The van der Waals surface area contributed by atoms with Crippen molar-refractivity contribution in [2.45, 2.75) is 31.4 Å². The molecule has 122 valence electrons. The van der Waals surface area contributed by atoms with E-state index in [0.717, 1.165) is 0 Å². The van der Waals surface area contributed by atoms with E-state index in [0.29, 0.717) is 19.4 Å². The number of aliphatic hydroxyl groups excluding tert-OH is 1. The Balaban J connectivity index is 0. The largest absolute Gasteiger partial charge is 0.481 e. The Bertz CT molecular complexity index is 373. The molecule has 21 heavy (non-hydrogen) atoms. The fourth-order valence-corrected chi connectivity index (χ4v) is 0.910. The molecular formula is C10H19N3O8. The summed E-state index contributed by atoms with van der Waals surface area (Å²) in [4.78, 5) is 39.7. The number of urea groups is 1. The van der Waals surface area contributed by atoms with Gasteiger partial charge in [0.2, 0.25) is 0 Å². The first-order valence-corrected chi connectivity index (χ1v) is 5.72. The molecule has 0 radical (unpaired) electrons. The van der Waals surface area contributed by atoms with E-state index in [2.05, 4.69) is 5.32 Å². The molecule has 9 N–H and O–H groups in total. The first kappa shape index (κ1) is 20.9. The van der Waals surface area contributed by atoms with Crippen LogP contribution in [0, 0.1) is 0 Å². The molecular weight excluding hydrogens is 290 g/mol. The number of aliphatic carboxylic acids is 3. The molecule has 0 spiro atoms. The smallest absolute Gasteiger partial charge is 0.333 e. The van der Waals surface area contributed by atoms with Gasteiger partial charge in [-0.2, -0.15) is 0 Å². The molecule has 0 heterocycles. The Morgan fingerprint density at radius 1 is 1.05 bits per heavy atom. The molecule has 0 aromatic carbocycles. The maximum Gasteiger partial charge on any atom is 0.333 e. The summed E-state index contributed by atoms with van der Waals surface area (Å²) in [6, 6.07) is -1.47. The molecule has 0 bridgehead atoms. The summed E-state index contributed by atoms with van der Waals surface area (Å²) in [6.45, 7) is 0.357. The Labute approximate surface area is 119 Å². The van der Waals surface area contributed by atoms with Gasteiger partial charge in [0.05, 0.1) is 6.42 Å². The van der Waals surface area contributed by atoms with E-state index in [-0.39, 0.29) is 0 Å².